The van der Waals surface area contributed by atoms with E-state index in [1.165, 1.54) is 0 Å². The molecule has 0 aliphatic heterocycles. The van der Waals surface area contributed by atoms with Gasteiger partial charge >= 0.3 is 146 Å². The van der Waals surface area contributed by atoms with Gasteiger partial charge < -0.3 is 0 Å². The average molecular weight is 470 g/mol. The third kappa shape index (κ3) is 3.29. The zero-order valence-corrected chi connectivity index (χ0v) is 18.0. The quantitative estimate of drug-likeness (QED) is 0.481. The van der Waals surface area contributed by atoms with Crippen LogP contribution in [0.4, 0.5) is 0 Å². The molecule has 0 bridgehead atoms. The van der Waals surface area contributed by atoms with Crippen molar-refractivity contribution in [1.82, 2.24) is 0 Å². The first-order valence-electron chi connectivity index (χ1n) is 6.41. The molecule has 4 nitrogen and oxygen atoms in total. The monoisotopic (exact) mass is 472 g/mol. The fourth-order valence-electron chi connectivity index (χ4n) is 2.30. The van der Waals surface area contributed by atoms with Gasteiger partial charge in [0.1, 0.15) is 0 Å². The summed E-state index contributed by atoms with van der Waals surface area (Å²) in [6.07, 6.45) is 0. The zero-order chi connectivity index (χ0) is 16.4. The Hall–Kier alpha value is 0.439. The molecule has 0 N–H and O–H groups in total. The molecule has 0 radical (unpaired) electrons. The van der Waals surface area contributed by atoms with Crippen LogP contribution in [-0.2, 0) is 18.1 Å². The molecule has 0 aliphatic carbocycles. The Kier molecular flexibility index (Phi) is 6.44. The molecular weight excluding hydrogens is 452 g/mol. The van der Waals surface area contributed by atoms with Gasteiger partial charge in [0, 0.05) is 0 Å². The Morgan fingerprint density at radius 3 is 1.36 bits per heavy atom. The number of benzene rings is 2. The summed E-state index contributed by atoms with van der Waals surface area (Å²) in [5.41, 5.74) is 0. The predicted octanol–water partition coefficient (Wildman–Crippen LogP) is 2.54. The van der Waals surface area contributed by atoms with Crippen molar-refractivity contribution in [3.05, 3.63) is 36.4 Å². The first-order valence-corrected chi connectivity index (χ1v) is 14.1. The molecule has 0 atom stereocenters. The molecule has 2 rings (SSSR count). The van der Waals surface area contributed by atoms with Gasteiger partial charge in [0.15, 0.2) is 0 Å². The minimum absolute atomic E-state index is 0.999. The van der Waals surface area contributed by atoms with Crippen LogP contribution < -0.4 is 10.6 Å². The van der Waals surface area contributed by atoms with Gasteiger partial charge in [-0.05, 0) is 0 Å². The van der Waals surface area contributed by atoms with Crippen molar-refractivity contribution in [3.8, 4) is 0 Å². The summed E-state index contributed by atoms with van der Waals surface area (Å²) in [5.74, 6) is -4.56. The van der Waals surface area contributed by atoms with E-state index in [1.54, 1.807) is 28.4 Å². The molecule has 0 aliphatic rings. The second kappa shape index (κ2) is 7.55. The second-order valence-electron chi connectivity index (χ2n) is 4.38. The first-order chi connectivity index (χ1) is 10.5. The molecule has 0 unspecified atom stereocenters. The molecule has 120 valence electrons. The molecule has 8 heteroatoms. The Morgan fingerprint density at radius 2 is 1.05 bits per heavy atom. The van der Waals surface area contributed by atoms with Crippen molar-refractivity contribution in [2.24, 2.45) is 0 Å². The second-order valence-corrected chi connectivity index (χ2v) is 14.8. The number of rotatable bonds is 6. The maximum atomic E-state index is 5.67. The van der Waals surface area contributed by atoms with Crippen LogP contribution >= 0.6 is 11.9 Å². The van der Waals surface area contributed by atoms with E-state index in [0.29, 0.717) is 0 Å². The Balaban J connectivity index is 2.92. The summed E-state index contributed by atoms with van der Waals surface area (Å²) < 4.78 is 22.7. The summed E-state index contributed by atoms with van der Waals surface area (Å²) >= 11 is 6.20. The summed E-state index contributed by atoms with van der Waals surface area (Å²) in [6.45, 7) is 0. The molecule has 0 spiro atoms. The normalized spacial score (nSPS) is 12.7. The Labute approximate surface area is 146 Å². The van der Waals surface area contributed by atoms with Crippen molar-refractivity contribution in [2.45, 2.75) is 0 Å². The van der Waals surface area contributed by atoms with E-state index in [-0.39, 0.29) is 0 Å². The van der Waals surface area contributed by atoms with Gasteiger partial charge in [-0.2, -0.15) is 0 Å². The topological polar surface area (TPSA) is 36.9 Å². The minimum atomic E-state index is -2.28. The molecule has 22 heavy (non-hydrogen) atoms. The van der Waals surface area contributed by atoms with Gasteiger partial charge in [-0.1, -0.05) is 0 Å². The third-order valence-electron chi connectivity index (χ3n) is 3.41. The zero-order valence-electron chi connectivity index (χ0n) is 12.8. The average Bonchev–Trinajstić information content (AvgIpc) is 2.59. The van der Waals surface area contributed by atoms with Gasteiger partial charge in [-0.15, -0.1) is 0 Å². The molecule has 0 saturated heterocycles. The molecule has 2 aromatic carbocycles. The predicted molar refractivity (Wildman–Crippen MR) is 96.6 cm³/mol. The van der Waals surface area contributed by atoms with Crippen LogP contribution in [0.25, 0.3) is 10.8 Å². The van der Waals surface area contributed by atoms with Crippen molar-refractivity contribution >= 4 is 63.5 Å². The van der Waals surface area contributed by atoms with Crippen LogP contribution in [0.3, 0.4) is 0 Å². The van der Waals surface area contributed by atoms with Gasteiger partial charge in [-0.3, -0.25) is 0 Å². The molecule has 0 aromatic heterocycles. The Morgan fingerprint density at radius 1 is 0.682 bits per heavy atom. The van der Waals surface area contributed by atoms with Crippen LogP contribution in [0, 0.1) is 0 Å². The summed E-state index contributed by atoms with van der Waals surface area (Å²) in [6, 6.07) is 12.2. The first kappa shape index (κ1) is 18.8. The van der Waals surface area contributed by atoms with Crippen LogP contribution in [0.1, 0.15) is 0 Å². The SMILES string of the molecule is COP(=[Se])(OC)c1cccc2cccc(P(=[Se])(OC)OC)c12. The van der Waals surface area contributed by atoms with Gasteiger partial charge in [0.2, 0.25) is 0 Å². The summed E-state index contributed by atoms with van der Waals surface area (Å²) in [4.78, 5) is 0. The van der Waals surface area contributed by atoms with Crippen molar-refractivity contribution in [2.75, 3.05) is 28.4 Å². The molecule has 0 amide bonds. The van der Waals surface area contributed by atoms with E-state index >= 15 is 0 Å². The number of fused-ring (bicyclic) bond motifs is 1. The van der Waals surface area contributed by atoms with E-state index < -0.39 is 11.9 Å². The van der Waals surface area contributed by atoms with Crippen molar-refractivity contribution < 1.29 is 18.1 Å². The van der Waals surface area contributed by atoms with Crippen LogP contribution in [-0.4, -0.2) is 58.6 Å². The van der Waals surface area contributed by atoms with Gasteiger partial charge in [0.05, 0.1) is 0 Å². The van der Waals surface area contributed by atoms with E-state index in [9.17, 15) is 0 Å². The van der Waals surface area contributed by atoms with Gasteiger partial charge in [0.25, 0.3) is 0 Å². The molecule has 0 saturated carbocycles. The molecule has 2 aromatic rings. The van der Waals surface area contributed by atoms with E-state index in [2.05, 4.69) is 42.3 Å². The maximum absolute atomic E-state index is 5.67. The van der Waals surface area contributed by atoms with Crippen molar-refractivity contribution in [3.63, 3.8) is 0 Å². The summed E-state index contributed by atoms with van der Waals surface area (Å²) in [7, 11) is 6.62. The summed E-state index contributed by atoms with van der Waals surface area (Å²) in [5, 5.41) is 4.15. The van der Waals surface area contributed by atoms with E-state index in [4.69, 9.17) is 18.1 Å². The standard InChI is InChI=1S/C14H18O4P2Se2/c1-15-19(21,16-2)12-9-5-7-11-8-6-10-13(14(11)12)20(22,17-3)18-4/h5-10H,1-4H3. The Bertz CT molecular complexity index is 702. The number of hydrogen-bond donors (Lipinski definition) is 0. The van der Waals surface area contributed by atoms with Crippen LogP contribution in [0.2, 0.25) is 0 Å². The van der Waals surface area contributed by atoms with Crippen LogP contribution in [0.5, 0.6) is 0 Å². The van der Waals surface area contributed by atoms with Crippen molar-refractivity contribution in [1.29, 1.82) is 0 Å². The van der Waals surface area contributed by atoms with Crippen LogP contribution in [0.15, 0.2) is 36.4 Å². The number of hydrogen-bond acceptors (Lipinski definition) is 4. The molecule has 0 heterocycles. The van der Waals surface area contributed by atoms with E-state index in [1.807, 2.05) is 24.3 Å². The van der Waals surface area contributed by atoms with Gasteiger partial charge in [-0.25, -0.2) is 0 Å². The molecule has 0 fully saturated rings. The molecular formula is C14H18O4P2Se2. The fourth-order valence-corrected chi connectivity index (χ4v) is 6.97. The fraction of sp³-hybridized carbons (Fsp3) is 0.286. The van der Waals surface area contributed by atoms with E-state index in [0.717, 1.165) is 21.4 Å². The third-order valence-corrected chi connectivity index (χ3v) is 13.5.